The molecule has 4 rings (SSSR count). The predicted octanol–water partition coefficient (Wildman–Crippen LogP) is 5.54. The van der Waals surface area contributed by atoms with Crippen molar-refractivity contribution >= 4 is 17.4 Å². The first kappa shape index (κ1) is 22.3. The maximum absolute atomic E-state index is 10.9. The molecule has 3 aromatic carbocycles. The van der Waals surface area contributed by atoms with Gasteiger partial charge in [0.2, 0.25) is 0 Å². The van der Waals surface area contributed by atoms with Crippen molar-refractivity contribution < 1.29 is 14.4 Å². The van der Waals surface area contributed by atoms with Crippen LogP contribution in [0.5, 0.6) is 11.5 Å². The Kier molecular flexibility index (Phi) is 6.89. The summed E-state index contributed by atoms with van der Waals surface area (Å²) in [4.78, 5) is 10.5. The summed E-state index contributed by atoms with van der Waals surface area (Å²) in [6, 6.07) is 22.0. The van der Waals surface area contributed by atoms with Gasteiger partial charge in [-0.05, 0) is 48.9 Å². The standard InChI is InChI=1S/C24H22N4O4S/c1-3-32-21-13-11-19(12-14-21)27-23(18-5-4-6-22(15-18)31-2)25-26-24(27)33-16-17-7-9-20(10-8-17)28(29)30/h4-15H,3,16H2,1-2H3. The number of thioether (sulfide) groups is 1. The van der Waals surface area contributed by atoms with Crippen molar-refractivity contribution in [1.29, 1.82) is 0 Å². The van der Waals surface area contributed by atoms with E-state index < -0.39 is 4.92 Å². The molecule has 0 atom stereocenters. The lowest BCUT2D eigenvalue weighted by Gasteiger charge is -2.12. The van der Waals surface area contributed by atoms with Crippen LogP contribution in [0.2, 0.25) is 0 Å². The average molecular weight is 463 g/mol. The minimum Gasteiger partial charge on any atom is -0.497 e. The predicted molar refractivity (Wildman–Crippen MR) is 127 cm³/mol. The van der Waals surface area contributed by atoms with Crippen molar-refractivity contribution in [1.82, 2.24) is 14.8 Å². The zero-order valence-corrected chi connectivity index (χ0v) is 19.0. The van der Waals surface area contributed by atoms with Gasteiger partial charge in [0.05, 0.1) is 18.6 Å². The van der Waals surface area contributed by atoms with Crippen LogP contribution in [-0.4, -0.2) is 33.4 Å². The SMILES string of the molecule is CCOc1ccc(-n2c(SCc3ccc([N+](=O)[O-])cc3)nnc2-c2cccc(OC)c2)cc1. The highest BCUT2D eigenvalue weighted by atomic mass is 32.2. The van der Waals surface area contributed by atoms with E-state index in [4.69, 9.17) is 9.47 Å². The highest BCUT2D eigenvalue weighted by molar-refractivity contribution is 7.98. The second kappa shape index (κ2) is 10.2. The number of ether oxygens (including phenoxy) is 2. The van der Waals surface area contributed by atoms with Gasteiger partial charge >= 0.3 is 0 Å². The second-order valence-corrected chi connectivity index (χ2v) is 7.96. The Labute approximate surface area is 195 Å². The number of hydrogen-bond acceptors (Lipinski definition) is 7. The molecular weight excluding hydrogens is 440 g/mol. The third-order valence-electron chi connectivity index (χ3n) is 4.88. The molecule has 4 aromatic rings. The van der Waals surface area contributed by atoms with Gasteiger partial charge in [0.25, 0.3) is 5.69 Å². The van der Waals surface area contributed by atoms with Crippen LogP contribution in [0.4, 0.5) is 5.69 Å². The van der Waals surface area contributed by atoms with E-state index in [1.54, 1.807) is 19.2 Å². The van der Waals surface area contributed by atoms with Crippen molar-refractivity contribution in [2.75, 3.05) is 13.7 Å². The summed E-state index contributed by atoms with van der Waals surface area (Å²) in [5.74, 6) is 2.79. The molecule has 0 spiro atoms. The molecule has 0 aliphatic carbocycles. The lowest BCUT2D eigenvalue weighted by atomic mass is 10.2. The van der Waals surface area contributed by atoms with Gasteiger partial charge in [-0.15, -0.1) is 10.2 Å². The number of methoxy groups -OCH3 is 1. The number of hydrogen-bond donors (Lipinski definition) is 0. The van der Waals surface area contributed by atoms with Crippen LogP contribution in [0.15, 0.2) is 78.0 Å². The zero-order valence-electron chi connectivity index (χ0n) is 18.2. The second-order valence-electron chi connectivity index (χ2n) is 7.01. The van der Waals surface area contributed by atoms with Gasteiger partial charge in [-0.1, -0.05) is 36.0 Å². The lowest BCUT2D eigenvalue weighted by Crippen LogP contribution is -2.00. The fourth-order valence-electron chi connectivity index (χ4n) is 3.27. The van der Waals surface area contributed by atoms with Gasteiger partial charge in [0.15, 0.2) is 11.0 Å². The molecule has 0 aliphatic heterocycles. The Morgan fingerprint density at radius 1 is 1.00 bits per heavy atom. The Bertz CT molecular complexity index is 1240. The molecule has 0 radical (unpaired) electrons. The van der Waals surface area contributed by atoms with Gasteiger partial charge < -0.3 is 9.47 Å². The van der Waals surface area contributed by atoms with Crippen LogP contribution in [0.25, 0.3) is 17.1 Å². The van der Waals surface area contributed by atoms with Gasteiger partial charge in [-0.2, -0.15) is 0 Å². The highest BCUT2D eigenvalue weighted by Crippen LogP contribution is 2.32. The largest absolute Gasteiger partial charge is 0.497 e. The lowest BCUT2D eigenvalue weighted by molar-refractivity contribution is -0.384. The molecule has 0 unspecified atom stereocenters. The number of aromatic nitrogens is 3. The summed E-state index contributed by atoms with van der Waals surface area (Å²) >= 11 is 1.51. The van der Waals surface area contributed by atoms with E-state index in [2.05, 4.69) is 10.2 Å². The van der Waals surface area contributed by atoms with Crippen LogP contribution in [0.3, 0.4) is 0 Å². The molecule has 0 fully saturated rings. The first-order valence-corrected chi connectivity index (χ1v) is 11.3. The molecule has 168 valence electrons. The number of benzene rings is 3. The van der Waals surface area contributed by atoms with Gasteiger partial charge in [0, 0.05) is 29.1 Å². The zero-order chi connectivity index (χ0) is 23.2. The van der Waals surface area contributed by atoms with Crippen LogP contribution in [0.1, 0.15) is 12.5 Å². The highest BCUT2D eigenvalue weighted by Gasteiger charge is 2.17. The minimum atomic E-state index is -0.403. The normalized spacial score (nSPS) is 10.7. The molecule has 0 bridgehead atoms. The first-order chi connectivity index (χ1) is 16.1. The van der Waals surface area contributed by atoms with Crippen molar-refractivity contribution in [2.24, 2.45) is 0 Å². The van der Waals surface area contributed by atoms with Gasteiger partial charge in [-0.25, -0.2) is 0 Å². The number of nitro groups is 1. The topological polar surface area (TPSA) is 92.3 Å². The van der Waals surface area contributed by atoms with E-state index in [1.807, 2.05) is 60.0 Å². The van der Waals surface area contributed by atoms with Gasteiger partial charge in [0.1, 0.15) is 11.5 Å². The molecular formula is C24H22N4O4S. The first-order valence-electron chi connectivity index (χ1n) is 10.3. The summed E-state index contributed by atoms with van der Waals surface area (Å²) in [6.45, 7) is 2.54. The summed E-state index contributed by atoms with van der Waals surface area (Å²) in [7, 11) is 1.63. The monoisotopic (exact) mass is 462 g/mol. The molecule has 1 heterocycles. The van der Waals surface area contributed by atoms with Crippen LogP contribution >= 0.6 is 11.8 Å². The fraction of sp³-hybridized carbons (Fsp3) is 0.167. The molecule has 8 nitrogen and oxygen atoms in total. The van der Waals surface area contributed by atoms with Gasteiger partial charge in [-0.3, -0.25) is 14.7 Å². The van der Waals surface area contributed by atoms with Crippen molar-refractivity contribution in [3.05, 3.63) is 88.5 Å². The molecule has 0 saturated carbocycles. The van der Waals surface area contributed by atoms with Crippen molar-refractivity contribution in [3.8, 4) is 28.6 Å². The molecule has 0 N–H and O–H groups in total. The van der Waals surface area contributed by atoms with E-state index in [9.17, 15) is 10.1 Å². The molecule has 1 aromatic heterocycles. The maximum Gasteiger partial charge on any atom is 0.269 e. The third-order valence-corrected chi connectivity index (χ3v) is 5.88. The number of nitro benzene ring substituents is 1. The molecule has 0 aliphatic rings. The Balaban J connectivity index is 1.68. The van der Waals surface area contributed by atoms with Crippen LogP contribution in [-0.2, 0) is 5.75 Å². The van der Waals surface area contributed by atoms with E-state index in [-0.39, 0.29) is 5.69 Å². The smallest absolute Gasteiger partial charge is 0.269 e. The molecule has 0 amide bonds. The average Bonchev–Trinajstić information content (AvgIpc) is 3.27. The van der Waals surface area contributed by atoms with E-state index in [1.165, 1.54) is 23.9 Å². The van der Waals surface area contributed by atoms with E-state index in [0.29, 0.717) is 23.3 Å². The molecule has 9 heteroatoms. The van der Waals surface area contributed by atoms with E-state index >= 15 is 0 Å². The minimum absolute atomic E-state index is 0.0709. The number of rotatable bonds is 9. The van der Waals surface area contributed by atoms with Crippen molar-refractivity contribution in [2.45, 2.75) is 17.8 Å². The molecule has 33 heavy (non-hydrogen) atoms. The Hall–Kier alpha value is -3.85. The summed E-state index contributed by atoms with van der Waals surface area (Å²) in [5.41, 5.74) is 2.79. The Morgan fingerprint density at radius 3 is 2.42 bits per heavy atom. The fourth-order valence-corrected chi connectivity index (χ4v) is 4.17. The van der Waals surface area contributed by atoms with Crippen LogP contribution in [0, 0.1) is 10.1 Å². The van der Waals surface area contributed by atoms with Crippen LogP contribution < -0.4 is 9.47 Å². The number of nitrogens with zero attached hydrogens (tertiary/aromatic N) is 4. The summed E-state index contributed by atoms with van der Waals surface area (Å²) in [6.07, 6.45) is 0. The third kappa shape index (κ3) is 5.15. The quantitative estimate of drug-likeness (QED) is 0.183. The van der Waals surface area contributed by atoms with E-state index in [0.717, 1.165) is 28.3 Å². The maximum atomic E-state index is 10.9. The number of non-ortho nitro benzene ring substituents is 1. The summed E-state index contributed by atoms with van der Waals surface area (Å²) < 4.78 is 12.9. The molecule has 0 saturated heterocycles. The Morgan fingerprint density at radius 2 is 1.76 bits per heavy atom. The summed E-state index contributed by atoms with van der Waals surface area (Å²) in [5, 5.41) is 20.5. The van der Waals surface area contributed by atoms with Crippen molar-refractivity contribution in [3.63, 3.8) is 0 Å².